The molecule has 2 aromatic rings. The Morgan fingerprint density at radius 1 is 1.11 bits per heavy atom. The van der Waals surface area contributed by atoms with E-state index in [-0.39, 0.29) is 16.9 Å². The first-order chi connectivity index (χ1) is 12.5. The number of halogens is 3. The maximum atomic E-state index is 12.6. The fourth-order valence-corrected chi connectivity index (χ4v) is 3.58. The Hall–Kier alpha value is -2.45. The number of carbonyl (C=O) groups is 1. The molecule has 2 rings (SSSR count). The third kappa shape index (κ3) is 5.27. The van der Waals surface area contributed by atoms with Crippen molar-refractivity contribution in [3.8, 4) is 0 Å². The van der Waals surface area contributed by atoms with Gasteiger partial charge in [0.2, 0.25) is 10.0 Å². The van der Waals surface area contributed by atoms with Gasteiger partial charge in [-0.2, -0.15) is 17.9 Å². The van der Waals surface area contributed by atoms with E-state index in [1.165, 1.54) is 18.2 Å². The number of nitrogens with one attached hydrogen (secondary N) is 1. The minimum Gasteiger partial charge on any atom is -0.292 e. The summed E-state index contributed by atoms with van der Waals surface area (Å²) < 4.78 is 65.3. The molecule has 0 spiro atoms. The van der Waals surface area contributed by atoms with Crippen LogP contribution in [0.25, 0.3) is 0 Å². The normalized spacial score (nSPS) is 13.2. The molecule has 27 heavy (non-hydrogen) atoms. The van der Waals surface area contributed by atoms with Gasteiger partial charge < -0.3 is 0 Å². The van der Waals surface area contributed by atoms with E-state index in [9.17, 15) is 26.4 Å². The van der Waals surface area contributed by atoms with Crippen LogP contribution in [-0.4, -0.2) is 20.2 Å². The lowest BCUT2D eigenvalue weighted by Gasteiger charge is -2.17. The highest BCUT2D eigenvalue weighted by Crippen LogP contribution is 2.29. The van der Waals surface area contributed by atoms with Gasteiger partial charge in [-0.05, 0) is 37.6 Å². The minimum atomic E-state index is -4.52. The van der Waals surface area contributed by atoms with E-state index in [2.05, 4.69) is 11.3 Å². The number of Topliss-reactive ketones (excluding diaryl/α,β-unsaturated/α-hetero) is 1. The first-order valence-electron chi connectivity index (χ1n) is 7.96. The molecule has 0 aromatic heterocycles. The Balaban J connectivity index is 2.27. The monoisotopic (exact) mass is 397 g/mol. The van der Waals surface area contributed by atoms with Crippen molar-refractivity contribution in [1.29, 1.82) is 0 Å². The maximum Gasteiger partial charge on any atom is 0.416 e. The van der Waals surface area contributed by atoms with E-state index < -0.39 is 33.6 Å². The standard InChI is InChI=1S/C19H18F3NO3S/c1-3-4-17(23-27(25,26)16-11-5-13(2)6-12-16)18(24)14-7-9-15(10-8-14)19(20,21)22/h3,5-12,17,23H,1,4H2,2H3. The van der Waals surface area contributed by atoms with Crippen LogP contribution < -0.4 is 4.72 Å². The molecule has 0 radical (unpaired) electrons. The minimum absolute atomic E-state index is 0.00898. The van der Waals surface area contributed by atoms with Gasteiger partial charge in [-0.1, -0.05) is 35.9 Å². The van der Waals surface area contributed by atoms with Gasteiger partial charge >= 0.3 is 6.18 Å². The number of rotatable bonds is 7. The highest BCUT2D eigenvalue weighted by atomic mass is 32.2. The third-order valence-corrected chi connectivity index (χ3v) is 5.33. The molecule has 0 aliphatic rings. The number of hydrogen-bond donors (Lipinski definition) is 1. The molecule has 144 valence electrons. The number of sulfonamides is 1. The van der Waals surface area contributed by atoms with Crippen molar-refractivity contribution in [2.45, 2.75) is 30.5 Å². The average molecular weight is 397 g/mol. The van der Waals surface area contributed by atoms with Crippen molar-refractivity contribution in [3.05, 3.63) is 77.9 Å². The van der Waals surface area contributed by atoms with Gasteiger partial charge in [0, 0.05) is 5.56 Å². The van der Waals surface area contributed by atoms with Crippen molar-refractivity contribution in [2.75, 3.05) is 0 Å². The zero-order valence-electron chi connectivity index (χ0n) is 14.5. The Labute approximate surface area is 155 Å². The third-order valence-electron chi connectivity index (χ3n) is 3.84. The number of benzene rings is 2. The van der Waals surface area contributed by atoms with Crippen LogP contribution >= 0.6 is 0 Å². The topological polar surface area (TPSA) is 63.2 Å². The summed E-state index contributed by atoms with van der Waals surface area (Å²) in [6.07, 6.45) is -3.16. The summed E-state index contributed by atoms with van der Waals surface area (Å²) in [7, 11) is -3.98. The molecule has 4 nitrogen and oxygen atoms in total. The summed E-state index contributed by atoms with van der Waals surface area (Å²) in [6.45, 7) is 5.31. The van der Waals surface area contributed by atoms with Crippen LogP contribution in [0.5, 0.6) is 0 Å². The van der Waals surface area contributed by atoms with Crippen LogP contribution in [0.3, 0.4) is 0 Å². The average Bonchev–Trinajstić information content (AvgIpc) is 2.60. The van der Waals surface area contributed by atoms with E-state index in [1.807, 2.05) is 0 Å². The molecule has 0 saturated heterocycles. The Kier molecular flexibility index (Phi) is 6.22. The summed E-state index contributed by atoms with van der Waals surface area (Å²) in [6, 6.07) is 8.51. The zero-order valence-corrected chi connectivity index (χ0v) is 15.3. The number of alkyl halides is 3. The smallest absolute Gasteiger partial charge is 0.292 e. The highest BCUT2D eigenvalue weighted by molar-refractivity contribution is 7.89. The maximum absolute atomic E-state index is 12.6. The largest absolute Gasteiger partial charge is 0.416 e. The summed E-state index contributed by atoms with van der Waals surface area (Å²) in [5, 5.41) is 0. The Morgan fingerprint density at radius 3 is 2.15 bits per heavy atom. The van der Waals surface area contributed by atoms with Gasteiger partial charge in [0.15, 0.2) is 5.78 Å². The summed E-state index contributed by atoms with van der Waals surface area (Å²) >= 11 is 0. The first kappa shape index (κ1) is 20.9. The van der Waals surface area contributed by atoms with Crippen LogP contribution in [0, 0.1) is 6.92 Å². The Morgan fingerprint density at radius 2 is 1.67 bits per heavy atom. The van der Waals surface area contributed by atoms with Gasteiger partial charge in [0.25, 0.3) is 0 Å². The molecule has 0 amide bonds. The second-order valence-electron chi connectivity index (χ2n) is 5.95. The van der Waals surface area contributed by atoms with Crippen LogP contribution in [0.2, 0.25) is 0 Å². The summed E-state index contributed by atoms with van der Waals surface area (Å²) in [5.74, 6) is -0.640. The summed E-state index contributed by atoms with van der Waals surface area (Å²) in [5.41, 5.74) is -0.0431. The molecule has 0 fully saturated rings. The SMILES string of the molecule is C=CCC(NS(=O)(=O)c1ccc(C)cc1)C(=O)c1ccc(C(F)(F)F)cc1. The molecule has 1 unspecified atom stereocenters. The molecule has 8 heteroatoms. The number of aryl methyl sites for hydroxylation is 1. The molecule has 0 aliphatic carbocycles. The molecule has 0 bridgehead atoms. The van der Waals surface area contributed by atoms with Gasteiger partial charge in [-0.15, -0.1) is 6.58 Å². The van der Waals surface area contributed by atoms with Crippen LogP contribution in [-0.2, 0) is 16.2 Å². The molecule has 0 aliphatic heterocycles. The van der Waals surface area contributed by atoms with Gasteiger partial charge in [0.05, 0.1) is 16.5 Å². The number of ketones is 1. The van der Waals surface area contributed by atoms with Crippen molar-refractivity contribution in [2.24, 2.45) is 0 Å². The van der Waals surface area contributed by atoms with E-state index in [0.29, 0.717) is 0 Å². The Bertz CT molecular complexity index is 918. The van der Waals surface area contributed by atoms with E-state index >= 15 is 0 Å². The molecular weight excluding hydrogens is 379 g/mol. The fourth-order valence-electron chi connectivity index (χ4n) is 2.37. The second-order valence-corrected chi connectivity index (χ2v) is 7.66. The van der Waals surface area contributed by atoms with Crippen molar-refractivity contribution in [1.82, 2.24) is 4.72 Å². The zero-order chi connectivity index (χ0) is 20.2. The molecule has 0 heterocycles. The predicted molar refractivity (Wildman–Crippen MR) is 95.9 cm³/mol. The van der Waals surface area contributed by atoms with Gasteiger partial charge in [-0.3, -0.25) is 4.79 Å². The van der Waals surface area contributed by atoms with Crippen molar-refractivity contribution < 1.29 is 26.4 Å². The number of carbonyl (C=O) groups excluding carboxylic acids is 1. The van der Waals surface area contributed by atoms with E-state index in [1.54, 1.807) is 19.1 Å². The lowest BCUT2D eigenvalue weighted by atomic mass is 10.0. The fraction of sp³-hybridized carbons (Fsp3) is 0.211. The second kappa shape index (κ2) is 8.06. The van der Waals surface area contributed by atoms with Crippen LogP contribution in [0.4, 0.5) is 13.2 Å². The first-order valence-corrected chi connectivity index (χ1v) is 9.44. The lowest BCUT2D eigenvalue weighted by Crippen LogP contribution is -2.40. The molecular formula is C19H18F3NO3S. The van der Waals surface area contributed by atoms with E-state index in [4.69, 9.17) is 0 Å². The quantitative estimate of drug-likeness (QED) is 0.565. The molecule has 0 saturated carbocycles. The van der Waals surface area contributed by atoms with Gasteiger partial charge in [-0.25, -0.2) is 8.42 Å². The molecule has 2 aromatic carbocycles. The number of hydrogen-bond acceptors (Lipinski definition) is 3. The van der Waals surface area contributed by atoms with Crippen LogP contribution in [0.15, 0.2) is 66.1 Å². The molecule has 1 N–H and O–H groups in total. The van der Waals surface area contributed by atoms with E-state index in [0.717, 1.165) is 29.8 Å². The molecule has 1 atom stereocenters. The highest BCUT2D eigenvalue weighted by Gasteiger charge is 2.31. The predicted octanol–water partition coefficient (Wildman–Crippen LogP) is 4.12. The lowest BCUT2D eigenvalue weighted by molar-refractivity contribution is -0.137. The van der Waals surface area contributed by atoms with Crippen molar-refractivity contribution >= 4 is 15.8 Å². The summed E-state index contributed by atoms with van der Waals surface area (Å²) in [4.78, 5) is 12.6. The van der Waals surface area contributed by atoms with Gasteiger partial charge in [0.1, 0.15) is 0 Å². The van der Waals surface area contributed by atoms with Crippen LogP contribution in [0.1, 0.15) is 27.9 Å². The van der Waals surface area contributed by atoms with Crippen molar-refractivity contribution in [3.63, 3.8) is 0 Å².